The van der Waals surface area contributed by atoms with Crippen LogP contribution in [0.1, 0.15) is 51.1 Å². The molecule has 0 N–H and O–H groups in total. The minimum Gasteiger partial charge on any atom is -0.370 e. The Labute approximate surface area is 98.7 Å². The van der Waals surface area contributed by atoms with Gasteiger partial charge in [-0.05, 0) is 43.7 Å². The predicted octanol–water partition coefficient (Wildman–Crippen LogP) is 3.59. The molecule has 0 aliphatic carbocycles. The molecule has 1 aromatic rings. The molecule has 2 heterocycles. The predicted molar refractivity (Wildman–Crippen MR) is 69.0 cm³/mol. The van der Waals surface area contributed by atoms with Crippen molar-refractivity contribution in [2.75, 3.05) is 18.0 Å². The lowest BCUT2D eigenvalue weighted by Crippen LogP contribution is -2.29. The van der Waals surface area contributed by atoms with Gasteiger partial charge in [-0.3, -0.25) is 4.98 Å². The average Bonchev–Trinajstić information content (AvgIpc) is 2.39. The summed E-state index contributed by atoms with van der Waals surface area (Å²) in [6.45, 7) is 6.85. The average molecular weight is 218 g/mol. The SMILES string of the molecule is CCC(C)c1ccc(N2CCCCC2)cn1. The lowest BCUT2D eigenvalue weighted by molar-refractivity contribution is 0.577. The van der Waals surface area contributed by atoms with Crippen LogP contribution in [0.25, 0.3) is 0 Å². The summed E-state index contributed by atoms with van der Waals surface area (Å²) >= 11 is 0. The first kappa shape index (κ1) is 11.4. The molecule has 1 aliphatic rings. The van der Waals surface area contributed by atoms with Gasteiger partial charge in [-0.15, -0.1) is 0 Å². The van der Waals surface area contributed by atoms with E-state index in [4.69, 9.17) is 0 Å². The van der Waals surface area contributed by atoms with Gasteiger partial charge in [-0.1, -0.05) is 13.8 Å². The van der Waals surface area contributed by atoms with Gasteiger partial charge < -0.3 is 4.90 Å². The van der Waals surface area contributed by atoms with Gasteiger partial charge in [0.15, 0.2) is 0 Å². The summed E-state index contributed by atoms with van der Waals surface area (Å²) in [4.78, 5) is 7.04. The standard InChI is InChI=1S/C14H22N2/c1-3-12(2)14-8-7-13(11-15-14)16-9-5-4-6-10-16/h7-8,11-12H,3-6,9-10H2,1-2H3. The largest absolute Gasteiger partial charge is 0.370 e. The van der Waals surface area contributed by atoms with Crippen LogP contribution in [0.15, 0.2) is 18.3 Å². The molecule has 1 aliphatic heterocycles. The molecule has 0 radical (unpaired) electrons. The summed E-state index contributed by atoms with van der Waals surface area (Å²) in [5.74, 6) is 0.579. The molecule has 0 aromatic carbocycles. The van der Waals surface area contributed by atoms with Gasteiger partial charge >= 0.3 is 0 Å². The Morgan fingerprint density at radius 3 is 2.56 bits per heavy atom. The number of pyridine rings is 1. The van der Waals surface area contributed by atoms with E-state index in [0.29, 0.717) is 5.92 Å². The highest BCUT2D eigenvalue weighted by molar-refractivity contribution is 5.45. The molecule has 1 atom stereocenters. The highest BCUT2D eigenvalue weighted by Crippen LogP contribution is 2.22. The minimum atomic E-state index is 0.579. The Balaban J connectivity index is 2.06. The first-order valence-electron chi connectivity index (χ1n) is 6.52. The molecule has 1 aromatic heterocycles. The van der Waals surface area contributed by atoms with E-state index >= 15 is 0 Å². The van der Waals surface area contributed by atoms with Crippen LogP contribution >= 0.6 is 0 Å². The number of anilines is 1. The summed E-state index contributed by atoms with van der Waals surface area (Å²) in [6, 6.07) is 4.43. The molecule has 1 unspecified atom stereocenters. The maximum Gasteiger partial charge on any atom is 0.0552 e. The second-order valence-corrected chi connectivity index (χ2v) is 4.80. The topological polar surface area (TPSA) is 16.1 Å². The Hall–Kier alpha value is -1.05. The second-order valence-electron chi connectivity index (χ2n) is 4.80. The number of hydrogen-bond acceptors (Lipinski definition) is 2. The van der Waals surface area contributed by atoms with E-state index in [1.54, 1.807) is 0 Å². The summed E-state index contributed by atoms with van der Waals surface area (Å²) in [5.41, 5.74) is 2.52. The van der Waals surface area contributed by atoms with E-state index in [1.807, 2.05) is 6.20 Å². The molecule has 1 fully saturated rings. The highest BCUT2D eigenvalue weighted by Gasteiger charge is 2.11. The van der Waals surface area contributed by atoms with Crippen molar-refractivity contribution in [3.05, 3.63) is 24.0 Å². The Morgan fingerprint density at radius 1 is 1.25 bits per heavy atom. The lowest BCUT2D eigenvalue weighted by Gasteiger charge is -2.28. The number of aromatic nitrogens is 1. The van der Waals surface area contributed by atoms with Gasteiger partial charge in [0.1, 0.15) is 0 Å². The molecular formula is C14H22N2. The van der Waals surface area contributed by atoms with Crippen molar-refractivity contribution >= 4 is 5.69 Å². The minimum absolute atomic E-state index is 0.579. The zero-order chi connectivity index (χ0) is 11.4. The molecule has 2 heteroatoms. The molecule has 2 rings (SSSR count). The number of piperidine rings is 1. The third-order valence-electron chi connectivity index (χ3n) is 3.61. The van der Waals surface area contributed by atoms with Crippen LogP contribution in [0.4, 0.5) is 5.69 Å². The maximum atomic E-state index is 4.58. The van der Waals surface area contributed by atoms with Crippen LogP contribution < -0.4 is 4.90 Å². The van der Waals surface area contributed by atoms with Crippen molar-refractivity contribution in [1.82, 2.24) is 4.98 Å². The monoisotopic (exact) mass is 218 g/mol. The van der Waals surface area contributed by atoms with E-state index in [1.165, 1.54) is 43.7 Å². The van der Waals surface area contributed by atoms with Gasteiger partial charge in [0, 0.05) is 18.8 Å². The molecule has 0 spiro atoms. The van der Waals surface area contributed by atoms with Crippen molar-refractivity contribution in [3.8, 4) is 0 Å². The highest BCUT2D eigenvalue weighted by atomic mass is 15.1. The van der Waals surface area contributed by atoms with E-state index in [9.17, 15) is 0 Å². The molecule has 2 nitrogen and oxygen atoms in total. The Bertz CT molecular complexity index is 312. The maximum absolute atomic E-state index is 4.58. The number of rotatable bonds is 3. The molecule has 16 heavy (non-hydrogen) atoms. The summed E-state index contributed by atoms with van der Waals surface area (Å²) in [6.07, 6.45) is 7.25. The van der Waals surface area contributed by atoms with Crippen molar-refractivity contribution in [1.29, 1.82) is 0 Å². The number of nitrogens with zero attached hydrogens (tertiary/aromatic N) is 2. The molecule has 88 valence electrons. The normalized spacial score (nSPS) is 18.5. The quantitative estimate of drug-likeness (QED) is 0.771. The first-order chi connectivity index (χ1) is 7.81. The fourth-order valence-corrected chi connectivity index (χ4v) is 2.24. The Kier molecular flexibility index (Phi) is 3.81. The van der Waals surface area contributed by atoms with Gasteiger partial charge in [0.05, 0.1) is 11.9 Å². The zero-order valence-corrected chi connectivity index (χ0v) is 10.4. The van der Waals surface area contributed by atoms with E-state index in [-0.39, 0.29) is 0 Å². The number of hydrogen-bond donors (Lipinski definition) is 0. The van der Waals surface area contributed by atoms with Crippen molar-refractivity contribution in [2.24, 2.45) is 0 Å². The van der Waals surface area contributed by atoms with Gasteiger partial charge in [0.2, 0.25) is 0 Å². The molecule has 0 bridgehead atoms. The van der Waals surface area contributed by atoms with Crippen molar-refractivity contribution < 1.29 is 0 Å². The smallest absolute Gasteiger partial charge is 0.0552 e. The summed E-state index contributed by atoms with van der Waals surface area (Å²) in [5, 5.41) is 0. The van der Waals surface area contributed by atoms with Crippen LogP contribution in [0.3, 0.4) is 0 Å². The lowest BCUT2D eigenvalue weighted by atomic mass is 10.0. The van der Waals surface area contributed by atoms with Crippen LogP contribution in [-0.2, 0) is 0 Å². The second kappa shape index (κ2) is 5.33. The fourth-order valence-electron chi connectivity index (χ4n) is 2.24. The summed E-state index contributed by atoms with van der Waals surface area (Å²) < 4.78 is 0. The van der Waals surface area contributed by atoms with Gasteiger partial charge in [-0.2, -0.15) is 0 Å². The van der Waals surface area contributed by atoms with Crippen LogP contribution in [0.2, 0.25) is 0 Å². The van der Waals surface area contributed by atoms with E-state index < -0.39 is 0 Å². The van der Waals surface area contributed by atoms with Crippen LogP contribution in [-0.4, -0.2) is 18.1 Å². The summed E-state index contributed by atoms with van der Waals surface area (Å²) in [7, 11) is 0. The van der Waals surface area contributed by atoms with Gasteiger partial charge in [-0.25, -0.2) is 0 Å². The van der Waals surface area contributed by atoms with E-state index in [2.05, 4.69) is 35.9 Å². The van der Waals surface area contributed by atoms with Gasteiger partial charge in [0.25, 0.3) is 0 Å². The molecule has 0 amide bonds. The third-order valence-corrected chi connectivity index (χ3v) is 3.61. The molecule has 1 saturated heterocycles. The fraction of sp³-hybridized carbons (Fsp3) is 0.643. The molecular weight excluding hydrogens is 196 g/mol. The van der Waals surface area contributed by atoms with Crippen LogP contribution in [0, 0.1) is 0 Å². The molecule has 0 saturated carbocycles. The van der Waals surface area contributed by atoms with Crippen molar-refractivity contribution in [2.45, 2.75) is 45.4 Å². The first-order valence-corrected chi connectivity index (χ1v) is 6.52. The third kappa shape index (κ3) is 2.55. The van der Waals surface area contributed by atoms with Crippen molar-refractivity contribution in [3.63, 3.8) is 0 Å². The van der Waals surface area contributed by atoms with E-state index in [0.717, 1.165) is 6.42 Å². The zero-order valence-electron chi connectivity index (χ0n) is 10.4. The van der Waals surface area contributed by atoms with Crippen LogP contribution in [0.5, 0.6) is 0 Å². The Morgan fingerprint density at radius 2 is 2.00 bits per heavy atom.